The van der Waals surface area contributed by atoms with E-state index in [0.29, 0.717) is 17.9 Å². The second-order valence-corrected chi connectivity index (χ2v) is 5.29. The van der Waals surface area contributed by atoms with E-state index in [1.807, 2.05) is 43.3 Å². The molecule has 1 aromatic heterocycles. The number of aromatic nitrogens is 1. The molecule has 19 heavy (non-hydrogen) atoms. The largest absolute Gasteiger partial charge is 0.480 e. The van der Waals surface area contributed by atoms with Crippen molar-refractivity contribution < 1.29 is 14.4 Å². The van der Waals surface area contributed by atoms with Gasteiger partial charge >= 0.3 is 5.97 Å². The van der Waals surface area contributed by atoms with Gasteiger partial charge in [0, 0.05) is 17.4 Å². The van der Waals surface area contributed by atoms with Crippen molar-refractivity contribution >= 4 is 17.7 Å². The van der Waals surface area contributed by atoms with Crippen LogP contribution in [0.5, 0.6) is 0 Å². The van der Waals surface area contributed by atoms with Gasteiger partial charge in [-0.1, -0.05) is 42.4 Å². The molecule has 1 aromatic carbocycles. The lowest BCUT2D eigenvalue weighted by molar-refractivity contribution is -0.136. The lowest BCUT2D eigenvalue weighted by Crippen LogP contribution is -2.15. The van der Waals surface area contributed by atoms with Crippen LogP contribution < -0.4 is 0 Å². The topological polar surface area (TPSA) is 63.3 Å². The van der Waals surface area contributed by atoms with Crippen molar-refractivity contribution in [1.82, 2.24) is 5.16 Å². The average Bonchev–Trinajstić information content (AvgIpc) is 2.89. The SMILES string of the molecule is CCC(SCc1cc(-c2ccccc2)on1)C(=O)O. The van der Waals surface area contributed by atoms with Crippen molar-refractivity contribution in [2.45, 2.75) is 24.3 Å². The van der Waals surface area contributed by atoms with Gasteiger partial charge in [0.1, 0.15) is 5.25 Å². The first kappa shape index (κ1) is 13.7. The molecule has 0 aliphatic heterocycles. The Balaban J connectivity index is 2.00. The fourth-order valence-electron chi connectivity index (χ4n) is 1.67. The van der Waals surface area contributed by atoms with Gasteiger partial charge in [-0.2, -0.15) is 0 Å². The monoisotopic (exact) mass is 277 g/mol. The van der Waals surface area contributed by atoms with Crippen LogP contribution >= 0.6 is 11.8 Å². The zero-order chi connectivity index (χ0) is 13.7. The number of aliphatic carboxylic acids is 1. The minimum absolute atomic E-state index is 0.392. The average molecular weight is 277 g/mol. The van der Waals surface area contributed by atoms with E-state index in [1.165, 1.54) is 11.8 Å². The van der Waals surface area contributed by atoms with Crippen LogP contribution in [0.1, 0.15) is 19.0 Å². The highest BCUT2D eigenvalue weighted by Gasteiger charge is 2.16. The molecular formula is C14H15NO3S. The summed E-state index contributed by atoms with van der Waals surface area (Å²) >= 11 is 1.37. The third-order valence-corrected chi connectivity index (χ3v) is 4.10. The third-order valence-electron chi connectivity index (χ3n) is 2.70. The molecule has 100 valence electrons. The lowest BCUT2D eigenvalue weighted by Gasteiger charge is -2.06. The van der Waals surface area contributed by atoms with Gasteiger partial charge in [-0.25, -0.2) is 0 Å². The number of thioether (sulfide) groups is 1. The van der Waals surface area contributed by atoms with Gasteiger partial charge in [-0.05, 0) is 6.42 Å². The number of carboxylic acid groups (broad SMARTS) is 1. The zero-order valence-electron chi connectivity index (χ0n) is 10.6. The standard InChI is InChI=1S/C14H15NO3S/c1-2-13(14(16)17)19-9-11-8-12(18-15-11)10-6-4-3-5-7-10/h3-8,13H,2,9H2,1H3,(H,16,17). The molecule has 1 heterocycles. The van der Waals surface area contributed by atoms with Gasteiger partial charge in [-0.15, -0.1) is 11.8 Å². The van der Waals surface area contributed by atoms with E-state index in [4.69, 9.17) is 9.63 Å². The Hall–Kier alpha value is -1.75. The lowest BCUT2D eigenvalue weighted by atomic mass is 10.2. The van der Waals surface area contributed by atoms with Crippen molar-refractivity contribution in [3.05, 3.63) is 42.1 Å². The molecule has 0 spiro atoms. The summed E-state index contributed by atoms with van der Waals surface area (Å²) in [5.41, 5.74) is 1.74. The Morgan fingerprint density at radius 2 is 2.16 bits per heavy atom. The maximum Gasteiger partial charge on any atom is 0.316 e. The van der Waals surface area contributed by atoms with Crippen molar-refractivity contribution in [3.8, 4) is 11.3 Å². The van der Waals surface area contributed by atoms with Crippen molar-refractivity contribution in [1.29, 1.82) is 0 Å². The molecule has 1 N–H and O–H groups in total. The van der Waals surface area contributed by atoms with E-state index in [-0.39, 0.29) is 0 Å². The number of carboxylic acids is 1. The molecule has 0 saturated carbocycles. The molecule has 0 saturated heterocycles. The highest BCUT2D eigenvalue weighted by atomic mass is 32.2. The van der Waals surface area contributed by atoms with Crippen molar-refractivity contribution in [2.24, 2.45) is 0 Å². The molecule has 0 aliphatic rings. The molecular weight excluding hydrogens is 262 g/mol. The van der Waals surface area contributed by atoms with Crippen molar-refractivity contribution in [3.63, 3.8) is 0 Å². The van der Waals surface area contributed by atoms with E-state index in [9.17, 15) is 4.79 Å². The van der Waals surface area contributed by atoms with Gasteiger partial charge in [0.05, 0.1) is 5.69 Å². The first-order valence-electron chi connectivity index (χ1n) is 6.06. The first-order chi connectivity index (χ1) is 9.20. The highest BCUT2D eigenvalue weighted by molar-refractivity contribution is 7.99. The summed E-state index contributed by atoms with van der Waals surface area (Å²) in [6, 6.07) is 11.6. The number of carbonyl (C=O) groups is 1. The van der Waals surface area contributed by atoms with Crippen LogP contribution in [0.2, 0.25) is 0 Å². The maximum absolute atomic E-state index is 10.9. The minimum atomic E-state index is -0.778. The number of nitrogens with zero attached hydrogens (tertiary/aromatic N) is 1. The molecule has 0 fully saturated rings. The fraction of sp³-hybridized carbons (Fsp3) is 0.286. The molecule has 0 amide bonds. The number of hydrogen-bond donors (Lipinski definition) is 1. The quantitative estimate of drug-likeness (QED) is 0.876. The highest BCUT2D eigenvalue weighted by Crippen LogP contribution is 2.24. The van der Waals surface area contributed by atoms with Gasteiger partial charge in [0.15, 0.2) is 5.76 Å². The van der Waals surface area contributed by atoms with Crippen LogP contribution in [0.15, 0.2) is 40.9 Å². The normalized spacial score (nSPS) is 12.3. The maximum atomic E-state index is 10.9. The van der Waals surface area contributed by atoms with E-state index >= 15 is 0 Å². The van der Waals surface area contributed by atoms with Gasteiger partial charge in [0.25, 0.3) is 0 Å². The Morgan fingerprint density at radius 1 is 1.42 bits per heavy atom. The Labute approximate surface area is 115 Å². The van der Waals surface area contributed by atoms with Crippen LogP contribution in [0.25, 0.3) is 11.3 Å². The minimum Gasteiger partial charge on any atom is -0.480 e. The van der Waals surface area contributed by atoms with Gasteiger partial charge in [0.2, 0.25) is 0 Å². The van der Waals surface area contributed by atoms with Gasteiger partial charge in [-0.3, -0.25) is 4.79 Å². The first-order valence-corrected chi connectivity index (χ1v) is 7.11. The summed E-state index contributed by atoms with van der Waals surface area (Å²) in [5, 5.41) is 12.5. The summed E-state index contributed by atoms with van der Waals surface area (Å²) in [4.78, 5) is 10.9. The molecule has 1 atom stereocenters. The summed E-state index contributed by atoms with van der Waals surface area (Å²) in [7, 11) is 0. The summed E-state index contributed by atoms with van der Waals surface area (Å²) in [6.45, 7) is 1.87. The van der Waals surface area contributed by atoms with Crippen molar-refractivity contribution in [2.75, 3.05) is 0 Å². The van der Waals surface area contributed by atoms with E-state index in [1.54, 1.807) is 0 Å². The smallest absolute Gasteiger partial charge is 0.316 e. The number of rotatable bonds is 6. The fourth-order valence-corrected chi connectivity index (χ4v) is 2.55. The van der Waals surface area contributed by atoms with E-state index < -0.39 is 11.2 Å². The molecule has 2 rings (SSSR count). The molecule has 0 aliphatic carbocycles. The number of hydrogen-bond acceptors (Lipinski definition) is 4. The van der Waals surface area contributed by atoms with Crippen LogP contribution in [-0.4, -0.2) is 21.5 Å². The summed E-state index contributed by atoms with van der Waals surface area (Å²) < 4.78 is 5.27. The predicted molar refractivity (Wildman–Crippen MR) is 74.9 cm³/mol. The Kier molecular flexibility index (Phi) is 4.63. The van der Waals surface area contributed by atoms with E-state index in [0.717, 1.165) is 11.3 Å². The molecule has 4 nitrogen and oxygen atoms in total. The van der Waals surface area contributed by atoms with Crippen LogP contribution in [-0.2, 0) is 10.5 Å². The van der Waals surface area contributed by atoms with Crippen LogP contribution in [0.3, 0.4) is 0 Å². The molecule has 1 unspecified atom stereocenters. The molecule has 0 bridgehead atoms. The summed E-state index contributed by atoms with van der Waals surface area (Å²) in [6.07, 6.45) is 0.601. The van der Waals surface area contributed by atoms with Crippen LogP contribution in [0, 0.1) is 0 Å². The summed E-state index contributed by atoms with van der Waals surface area (Å²) in [5.74, 6) is 0.472. The molecule has 5 heteroatoms. The molecule has 0 radical (unpaired) electrons. The van der Waals surface area contributed by atoms with Gasteiger partial charge < -0.3 is 9.63 Å². The Bertz CT molecular complexity index is 539. The zero-order valence-corrected chi connectivity index (χ0v) is 11.4. The predicted octanol–water partition coefficient (Wildman–Crippen LogP) is 3.44. The van der Waals surface area contributed by atoms with Crippen LogP contribution in [0.4, 0.5) is 0 Å². The second-order valence-electron chi connectivity index (χ2n) is 4.09. The molecule has 2 aromatic rings. The Morgan fingerprint density at radius 3 is 2.79 bits per heavy atom. The third kappa shape index (κ3) is 3.61. The number of benzene rings is 1. The second kappa shape index (κ2) is 6.43. The van der Waals surface area contributed by atoms with E-state index in [2.05, 4.69) is 5.16 Å².